The Morgan fingerprint density at radius 1 is 1.30 bits per heavy atom. The first-order valence-corrected chi connectivity index (χ1v) is 6.82. The van der Waals surface area contributed by atoms with Gasteiger partial charge in [-0.1, -0.05) is 12.1 Å². The number of halogens is 1. The molecule has 0 aliphatic rings. The van der Waals surface area contributed by atoms with Crippen molar-refractivity contribution in [3.63, 3.8) is 0 Å². The van der Waals surface area contributed by atoms with Gasteiger partial charge in [0.2, 0.25) is 0 Å². The molecule has 0 radical (unpaired) electrons. The van der Waals surface area contributed by atoms with E-state index in [1.807, 2.05) is 37.1 Å². The van der Waals surface area contributed by atoms with Gasteiger partial charge in [0, 0.05) is 18.8 Å². The normalized spacial score (nSPS) is 12.2. The molecule has 3 nitrogen and oxygen atoms in total. The summed E-state index contributed by atoms with van der Waals surface area (Å²) in [6, 6.07) is 11.0. The van der Waals surface area contributed by atoms with Gasteiger partial charge in [0.25, 0.3) is 0 Å². The van der Waals surface area contributed by atoms with Crippen LogP contribution in [0.15, 0.2) is 42.6 Å². The average Bonchev–Trinajstić information content (AvgIpc) is 2.49. The maximum atomic E-state index is 14.0. The molecule has 0 amide bonds. The van der Waals surface area contributed by atoms with Crippen LogP contribution in [0.2, 0.25) is 0 Å². The molecule has 0 bridgehead atoms. The third-order valence-corrected chi connectivity index (χ3v) is 3.44. The highest BCUT2D eigenvalue weighted by Crippen LogP contribution is 2.27. The summed E-state index contributed by atoms with van der Waals surface area (Å²) in [6.07, 6.45) is 1.77. The van der Waals surface area contributed by atoms with Gasteiger partial charge in [0.05, 0.1) is 5.69 Å². The van der Waals surface area contributed by atoms with Crippen LogP contribution in [0, 0.1) is 5.82 Å². The van der Waals surface area contributed by atoms with Crippen molar-refractivity contribution >= 4 is 11.5 Å². The minimum Gasteiger partial charge on any atom is -0.324 e. The van der Waals surface area contributed by atoms with Crippen molar-refractivity contribution in [1.82, 2.24) is 10.3 Å². The van der Waals surface area contributed by atoms with Crippen LogP contribution in [-0.4, -0.2) is 18.6 Å². The fraction of sp³-hybridized carbons (Fsp3) is 0.312. The van der Waals surface area contributed by atoms with Gasteiger partial charge in [-0.25, -0.2) is 9.37 Å². The molecule has 1 aromatic heterocycles. The van der Waals surface area contributed by atoms with E-state index in [4.69, 9.17) is 0 Å². The topological polar surface area (TPSA) is 28.2 Å². The van der Waals surface area contributed by atoms with Gasteiger partial charge in [-0.2, -0.15) is 0 Å². The van der Waals surface area contributed by atoms with Crippen molar-refractivity contribution in [3.8, 4) is 0 Å². The van der Waals surface area contributed by atoms with E-state index in [-0.39, 0.29) is 11.9 Å². The molecule has 0 saturated heterocycles. The van der Waals surface area contributed by atoms with Crippen LogP contribution in [0.5, 0.6) is 0 Å². The average molecular weight is 273 g/mol. The first-order chi connectivity index (χ1) is 9.67. The smallest absolute Gasteiger partial charge is 0.146 e. The molecule has 0 aliphatic heterocycles. The molecule has 0 aliphatic carbocycles. The summed E-state index contributed by atoms with van der Waals surface area (Å²) >= 11 is 0. The lowest BCUT2D eigenvalue weighted by atomic mass is 10.1. The largest absolute Gasteiger partial charge is 0.324 e. The Morgan fingerprint density at radius 3 is 2.70 bits per heavy atom. The number of rotatable bonds is 5. The molecule has 106 valence electrons. The standard InChI is InChI=1S/C16H20FN3/c1-4-20(15-8-6-5-7-14(15)17)16-11-13(9-10-19-16)12(2)18-3/h5-12,18H,4H2,1-3H3. The molecule has 4 heteroatoms. The van der Waals surface area contributed by atoms with Crippen molar-refractivity contribution in [2.24, 2.45) is 0 Å². The first-order valence-electron chi connectivity index (χ1n) is 6.82. The van der Waals surface area contributed by atoms with E-state index in [0.29, 0.717) is 12.2 Å². The molecule has 1 atom stereocenters. The number of hydrogen-bond donors (Lipinski definition) is 1. The molecule has 1 unspecified atom stereocenters. The van der Waals surface area contributed by atoms with Crippen molar-refractivity contribution in [2.75, 3.05) is 18.5 Å². The van der Waals surface area contributed by atoms with Gasteiger partial charge in [-0.3, -0.25) is 0 Å². The number of pyridine rings is 1. The van der Waals surface area contributed by atoms with Crippen LogP contribution in [-0.2, 0) is 0 Å². The predicted molar refractivity (Wildman–Crippen MR) is 80.8 cm³/mol. The molecule has 2 rings (SSSR count). The fourth-order valence-electron chi connectivity index (χ4n) is 2.14. The molecular weight excluding hydrogens is 253 g/mol. The van der Waals surface area contributed by atoms with Crippen LogP contribution >= 0.6 is 0 Å². The van der Waals surface area contributed by atoms with Crippen molar-refractivity contribution in [3.05, 3.63) is 54.0 Å². The molecule has 1 aromatic carbocycles. The second kappa shape index (κ2) is 6.48. The monoisotopic (exact) mass is 273 g/mol. The van der Waals surface area contributed by atoms with E-state index < -0.39 is 0 Å². The van der Waals surface area contributed by atoms with Crippen LogP contribution in [0.1, 0.15) is 25.5 Å². The quantitative estimate of drug-likeness (QED) is 0.901. The summed E-state index contributed by atoms with van der Waals surface area (Å²) in [5.41, 5.74) is 1.68. The Kier molecular flexibility index (Phi) is 4.69. The number of nitrogens with one attached hydrogen (secondary N) is 1. The Bertz CT molecular complexity index is 571. The van der Waals surface area contributed by atoms with Gasteiger partial charge in [0.1, 0.15) is 11.6 Å². The summed E-state index contributed by atoms with van der Waals surface area (Å²) in [5.74, 6) is 0.528. The Morgan fingerprint density at radius 2 is 2.05 bits per heavy atom. The first kappa shape index (κ1) is 14.5. The maximum Gasteiger partial charge on any atom is 0.146 e. The van der Waals surface area contributed by atoms with Crippen LogP contribution in [0.4, 0.5) is 15.9 Å². The predicted octanol–water partition coefficient (Wildman–Crippen LogP) is 3.66. The molecule has 20 heavy (non-hydrogen) atoms. The molecule has 2 aromatic rings. The third kappa shape index (κ3) is 2.96. The Hall–Kier alpha value is -1.94. The summed E-state index contributed by atoms with van der Waals surface area (Å²) in [6.45, 7) is 4.73. The van der Waals surface area contributed by atoms with Crippen molar-refractivity contribution in [2.45, 2.75) is 19.9 Å². The Balaban J connectivity index is 2.40. The lowest BCUT2D eigenvalue weighted by molar-refractivity contribution is 0.625. The van der Waals surface area contributed by atoms with E-state index in [1.165, 1.54) is 6.07 Å². The van der Waals surface area contributed by atoms with Crippen molar-refractivity contribution < 1.29 is 4.39 Å². The zero-order chi connectivity index (χ0) is 14.5. The molecule has 1 heterocycles. The zero-order valence-electron chi connectivity index (χ0n) is 12.1. The minimum absolute atomic E-state index is 0.232. The molecule has 0 spiro atoms. The summed E-state index contributed by atoms with van der Waals surface area (Å²) in [7, 11) is 1.92. The number of benzene rings is 1. The fourth-order valence-corrected chi connectivity index (χ4v) is 2.14. The van der Waals surface area contributed by atoms with Crippen LogP contribution in [0.3, 0.4) is 0 Å². The third-order valence-electron chi connectivity index (χ3n) is 3.44. The van der Waals surface area contributed by atoms with E-state index in [9.17, 15) is 4.39 Å². The molecular formula is C16H20FN3. The summed E-state index contributed by atoms with van der Waals surface area (Å²) in [5, 5.41) is 3.20. The van der Waals surface area contributed by atoms with Crippen LogP contribution < -0.4 is 10.2 Å². The second-order valence-corrected chi connectivity index (χ2v) is 4.65. The number of hydrogen-bond acceptors (Lipinski definition) is 3. The van der Waals surface area contributed by atoms with E-state index in [1.54, 1.807) is 18.3 Å². The highest BCUT2D eigenvalue weighted by molar-refractivity contribution is 5.61. The van der Waals surface area contributed by atoms with Gasteiger partial charge < -0.3 is 10.2 Å². The van der Waals surface area contributed by atoms with Gasteiger partial charge in [-0.15, -0.1) is 0 Å². The highest BCUT2D eigenvalue weighted by atomic mass is 19.1. The van der Waals surface area contributed by atoms with Gasteiger partial charge in [-0.05, 0) is 50.7 Å². The lowest BCUT2D eigenvalue weighted by Gasteiger charge is -2.23. The lowest BCUT2D eigenvalue weighted by Crippen LogP contribution is -2.20. The number of anilines is 2. The summed E-state index contributed by atoms with van der Waals surface area (Å²) in [4.78, 5) is 6.25. The summed E-state index contributed by atoms with van der Waals surface area (Å²) < 4.78 is 14.0. The number of para-hydroxylation sites is 1. The van der Waals surface area contributed by atoms with E-state index in [2.05, 4.69) is 17.2 Å². The number of nitrogens with zero attached hydrogens (tertiary/aromatic N) is 2. The molecule has 0 saturated carbocycles. The SMILES string of the molecule is CCN(c1cc(C(C)NC)ccn1)c1ccccc1F. The van der Waals surface area contributed by atoms with E-state index in [0.717, 1.165) is 11.4 Å². The molecule has 1 N–H and O–H groups in total. The second-order valence-electron chi connectivity index (χ2n) is 4.65. The minimum atomic E-state index is -0.233. The highest BCUT2D eigenvalue weighted by Gasteiger charge is 2.14. The zero-order valence-corrected chi connectivity index (χ0v) is 12.1. The maximum absolute atomic E-state index is 14.0. The van der Waals surface area contributed by atoms with Gasteiger partial charge >= 0.3 is 0 Å². The van der Waals surface area contributed by atoms with Crippen LogP contribution in [0.25, 0.3) is 0 Å². The number of aromatic nitrogens is 1. The Labute approximate surface area is 119 Å². The van der Waals surface area contributed by atoms with E-state index >= 15 is 0 Å². The molecule has 0 fully saturated rings. The van der Waals surface area contributed by atoms with Gasteiger partial charge in [0.15, 0.2) is 0 Å². The van der Waals surface area contributed by atoms with Crippen molar-refractivity contribution in [1.29, 1.82) is 0 Å².